The minimum absolute atomic E-state index is 0.00192. The summed E-state index contributed by atoms with van der Waals surface area (Å²) in [6.45, 7) is 3.98. The number of rotatable bonds is 3. The molecule has 0 amide bonds. The lowest BCUT2D eigenvalue weighted by Crippen LogP contribution is -2.00. The number of hydrogen-bond donors (Lipinski definition) is 0. The van der Waals surface area contributed by atoms with E-state index >= 15 is 0 Å². The van der Waals surface area contributed by atoms with E-state index in [4.69, 9.17) is 11.6 Å². The van der Waals surface area contributed by atoms with Gasteiger partial charge in [-0.1, -0.05) is 45.7 Å². The van der Waals surface area contributed by atoms with Crippen LogP contribution in [0.4, 0.5) is 0 Å². The van der Waals surface area contributed by atoms with Crippen LogP contribution in [0.2, 0.25) is 5.02 Å². The smallest absolute Gasteiger partial charge is 0.175 e. The first-order valence-electron chi connectivity index (χ1n) is 6.41. The summed E-state index contributed by atoms with van der Waals surface area (Å²) in [6.07, 6.45) is 1.21. The van der Waals surface area contributed by atoms with Gasteiger partial charge in [-0.15, -0.1) is 0 Å². The number of halogens is 2. The predicted octanol–water partition coefficient (Wildman–Crippen LogP) is 4.84. The normalized spacial score (nSPS) is 13.2. The molecule has 0 saturated heterocycles. The maximum atomic E-state index is 11.5. The lowest BCUT2D eigenvalue weighted by Gasteiger charge is -2.15. The van der Waals surface area contributed by atoms with Gasteiger partial charge in [-0.2, -0.15) is 0 Å². The maximum Gasteiger partial charge on any atom is 0.175 e. The molecule has 0 aromatic heterocycles. The van der Waals surface area contributed by atoms with Gasteiger partial charge in [-0.3, -0.25) is 0 Å². The van der Waals surface area contributed by atoms with Gasteiger partial charge in [0.25, 0.3) is 0 Å². The summed E-state index contributed by atoms with van der Waals surface area (Å²) in [4.78, 5) is 0.331. The Balaban J connectivity index is 2.41. The molecular weight excluding hydrogens is 372 g/mol. The Morgan fingerprint density at radius 3 is 2.14 bits per heavy atom. The average molecular weight is 388 g/mol. The van der Waals surface area contributed by atoms with Crippen molar-refractivity contribution < 1.29 is 8.42 Å². The van der Waals surface area contributed by atoms with Crippen LogP contribution >= 0.6 is 27.5 Å². The third-order valence-electron chi connectivity index (χ3n) is 3.42. The van der Waals surface area contributed by atoms with Crippen molar-refractivity contribution in [1.29, 1.82) is 0 Å². The minimum Gasteiger partial charge on any atom is -0.224 e. The average Bonchev–Trinajstić information content (AvgIpc) is 2.41. The molecule has 0 heterocycles. The lowest BCUT2D eigenvalue weighted by molar-refractivity contribution is 0.602. The molecule has 0 N–H and O–H groups in total. The van der Waals surface area contributed by atoms with Crippen LogP contribution in [-0.2, 0) is 9.84 Å². The highest BCUT2D eigenvalue weighted by molar-refractivity contribution is 9.09. The van der Waals surface area contributed by atoms with E-state index in [1.165, 1.54) is 6.26 Å². The molecule has 0 spiro atoms. The molecule has 1 unspecified atom stereocenters. The van der Waals surface area contributed by atoms with Gasteiger partial charge >= 0.3 is 0 Å². The van der Waals surface area contributed by atoms with Crippen LogP contribution in [0.3, 0.4) is 0 Å². The van der Waals surface area contributed by atoms with E-state index in [1.54, 1.807) is 12.1 Å². The van der Waals surface area contributed by atoms with Crippen molar-refractivity contribution in [1.82, 2.24) is 0 Å². The molecule has 1 atom stereocenters. The summed E-state index contributed by atoms with van der Waals surface area (Å²) in [5, 5.41) is 0.753. The van der Waals surface area contributed by atoms with Crippen LogP contribution in [-0.4, -0.2) is 14.7 Å². The molecule has 5 heteroatoms. The molecule has 0 radical (unpaired) electrons. The number of sulfone groups is 1. The molecule has 0 aliphatic heterocycles. The van der Waals surface area contributed by atoms with Crippen molar-refractivity contribution in [3.05, 3.63) is 63.7 Å². The molecule has 2 nitrogen and oxygen atoms in total. The second kappa shape index (κ2) is 6.11. The molecule has 21 heavy (non-hydrogen) atoms. The van der Waals surface area contributed by atoms with Crippen molar-refractivity contribution in [3.63, 3.8) is 0 Å². The SMILES string of the molecule is Cc1cc(C(Br)c2ccc(S(C)(=O)=O)cc2)c(C)cc1Cl. The summed E-state index contributed by atoms with van der Waals surface area (Å²) >= 11 is 9.81. The highest BCUT2D eigenvalue weighted by Crippen LogP contribution is 2.35. The van der Waals surface area contributed by atoms with Gasteiger partial charge in [0.15, 0.2) is 9.84 Å². The van der Waals surface area contributed by atoms with Crippen LogP contribution in [0, 0.1) is 13.8 Å². The number of hydrogen-bond acceptors (Lipinski definition) is 2. The Kier molecular flexibility index (Phi) is 4.81. The second-order valence-electron chi connectivity index (χ2n) is 5.16. The van der Waals surface area contributed by atoms with E-state index in [1.807, 2.05) is 32.0 Å². The van der Waals surface area contributed by atoms with Crippen LogP contribution in [0.25, 0.3) is 0 Å². The summed E-state index contributed by atoms with van der Waals surface area (Å²) in [6, 6.07) is 10.9. The van der Waals surface area contributed by atoms with E-state index in [-0.39, 0.29) is 4.83 Å². The van der Waals surface area contributed by atoms with E-state index in [2.05, 4.69) is 22.0 Å². The fourth-order valence-electron chi connectivity index (χ4n) is 2.14. The number of alkyl halides is 1. The van der Waals surface area contributed by atoms with Gasteiger partial charge in [-0.25, -0.2) is 8.42 Å². The summed E-state index contributed by atoms with van der Waals surface area (Å²) in [5.74, 6) is 0. The van der Waals surface area contributed by atoms with E-state index < -0.39 is 9.84 Å². The van der Waals surface area contributed by atoms with Gasteiger partial charge in [-0.05, 0) is 54.3 Å². The van der Waals surface area contributed by atoms with E-state index in [9.17, 15) is 8.42 Å². The van der Waals surface area contributed by atoms with Crippen molar-refractivity contribution in [2.45, 2.75) is 23.6 Å². The molecular formula is C16H16BrClO2S. The van der Waals surface area contributed by atoms with E-state index in [0.717, 1.165) is 27.3 Å². The Bertz CT molecular complexity index is 768. The molecule has 0 saturated carbocycles. The molecule has 0 aliphatic carbocycles. The van der Waals surface area contributed by atoms with Crippen molar-refractivity contribution >= 4 is 37.4 Å². The summed E-state index contributed by atoms with van der Waals surface area (Å²) in [5.41, 5.74) is 4.25. The minimum atomic E-state index is -3.16. The first-order valence-corrected chi connectivity index (χ1v) is 9.59. The monoisotopic (exact) mass is 386 g/mol. The Labute approximate surface area is 139 Å². The Hall–Kier alpha value is -0.840. The molecule has 2 aromatic rings. The highest BCUT2D eigenvalue weighted by Gasteiger charge is 2.15. The number of benzene rings is 2. The zero-order chi connectivity index (χ0) is 15.8. The molecule has 112 valence electrons. The van der Waals surface area contributed by atoms with Gasteiger partial charge in [0.1, 0.15) is 0 Å². The zero-order valence-corrected chi connectivity index (χ0v) is 15.2. The Morgan fingerprint density at radius 2 is 1.62 bits per heavy atom. The van der Waals surface area contributed by atoms with Crippen LogP contribution < -0.4 is 0 Å². The molecule has 2 aromatic carbocycles. The topological polar surface area (TPSA) is 34.1 Å². The third kappa shape index (κ3) is 3.68. The lowest BCUT2D eigenvalue weighted by atomic mass is 9.98. The van der Waals surface area contributed by atoms with Crippen LogP contribution in [0.1, 0.15) is 27.1 Å². The highest BCUT2D eigenvalue weighted by atomic mass is 79.9. The first-order chi connectivity index (χ1) is 9.70. The fourth-order valence-corrected chi connectivity index (χ4v) is 3.79. The van der Waals surface area contributed by atoms with Crippen LogP contribution in [0.5, 0.6) is 0 Å². The van der Waals surface area contributed by atoms with Gasteiger partial charge in [0.05, 0.1) is 9.72 Å². The summed E-state index contributed by atoms with van der Waals surface area (Å²) in [7, 11) is -3.16. The summed E-state index contributed by atoms with van der Waals surface area (Å²) < 4.78 is 23.0. The maximum absolute atomic E-state index is 11.5. The molecule has 2 rings (SSSR count). The molecule has 0 fully saturated rings. The largest absolute Gasteiger partial charge is 0.224 e. The fraction of sp³-hybridized carbons (Fsp3) is 0.250. The van der Waals surface area contributed by atoms with Gasteiger partial charge in [0, 0.05) is 11.3 Å². The van der Waals surface area contributed by atoms with Gasteiger partial charge < -0.3 is 0 Å². The zero-order valence-electron chi connectivity index (χ0n) is 12.0. The molecule has 0 bridgehead atoms. The standard InChI is InChI=1S/C16H16BrClO2S/c1-10-9-15(18)11(2)8-14(10)16(17)12-4-6-13(7-5-12)21(3,19)20/h4-9,16H,1-3H3. The molecule has 0 aliphatic rings. The van der Waals surface area contributed by atoms with Crippen molar-refractivity contribution in [2.75, 3.05) is 6.26 Å². The quantitative estimate of drug-likeness (QED) is 0.706. The first kappa shape index (κ1) is 16.5. The van der Waals surface area contributed by atoms with Gasteiger partial charge in [0.2, 0.25) is 0 Å². The van der Waals surface area contributed by atoms with Crippen LogP contribution in [0.15, 0.2) is 41.3 Å². The Morgan fingerprint density at radius 1 is 1.05 bits per heavy atom. The predicted molar refractivity (Wildman–Crippen MR) is 91.2 cm³/mol. The van der Waals surface area contributed by atoms with E-state index in [0.29, 0.717) is 4.90 Å². The van der Waals surface area contributed by atoms with Crippen molar-refractivity contribution in [2.24, 2.45) is 0 Å². The second-order valence-corrected chi connectivity index (χ2v) is 8.50. The van der Waals surface area contributed by atoms with Crippen molar-refractivity contribution in [3.8, 4) is 0 Å². The third-order valence-corrected chi connectivity index (χ3v) is 5.98. The number of aryl methyl sites for hydroxylation is 2.